The highest BCUT2D eigenvalue weighted by Gasteiger charge is 2.05. The Bertz CT molecular complexity index is 341. The summed E-state index contributed by atoms with van der Waals surface area (Å²) in [5.74, 6) is 1.11. The van der Waals surface area contributed by atoms with Crippen molar-refractivity contribution >= 4 is 17.4 Å². The summed E-state index contributed by atoms with van der Waals surface area (Å²) in [6.45, 7) is -0.243. The van der Waals surface area contributed by atoms with Crippen molar-refractivity contribution in [3.05, 3.63) is 39.9 Å². The minimum atomic E-state index is -0.706. The van der Waals surface area contributed by atoms with Crippen LogP contribution in [0.25, 0.3) is 0 Å². The summed E-state index contributed by atoms with van der Waals surface area (Å²) in [5, 5.41) is 28.1. The summed E-state index contributed by atoms with van der Waals surface area (Å²) in [6.07, 6.45) is -0.706. The van der Waals surface area contributed by atoms with E-state index < -0.39 is 11.0 Å². The Morgan fingerprint density at radius 1 is 1.38 bits per heavy atom. The fourth-order valence-corrected chi connectivity index (χ4v) is 2.00. The lowest BCUT2D eigenvalue weighted by molar-refractivity contribution is -0.384. The quantitative estimate of drug-likeness (QED) is 0.579. The highest BCUT2D eigenvalue weighted by atomic mass is 32.2. The number of hydrogen-bond donors (Lipinski definition) is 2. The summed E-state index contributed by atoms with van der Waals surface area (Å²) >= 11 is 1.47. The zero-order valence-corrected chi connectivity index (χ0v) is 9.39. The minimum absolute atomic E-state index is 0.0733. The lowest BCUT2D eigenvalue weighted by atomic mass is 10.2. The van der Waals surface area contributed by atoms with E-state index in [1.54, 1.807) is 12.1 Å². The number of hydrogen-bond acceptors (Lipinski definition) is 5. The molecule has 0 saturated heterocycles. The maximum atomic E-state index is 10.4. The molecule has 1 aromatic carbocycles. The average Bonchev–Trinajstić information content (AvgIpc) is 2.29. The number of nitro groups is 1. The molecule has 0 radical (unpaired) electrons. The molecule has 0 bridgehead atoms. The van der Waals surface area contributed by atoms with Gasteiger partial charge in [0.2, 0.25) is 0 Å². The van der Waals surface area contributed by atoms with Crippen molar-refractivity contribution in [2.75, 3.05) is 12.4 Å². The molecule has 6 heteroatoms. The first-order chi connectivity index (χ1) is 7.63. The largest absolute Gasteiger partial charge is 0.394 e. The Labute approximate surface area is 97.3 Å². The Kier molecular flexibility index (Phi) is 5.24. The van der Waals surface area contributed by atoms with Crippen LogP contribution in [0.5, 0.6) is 0 Å². The number of aliphatic hydroxyl groups excluding tert-OH is 2. The third-order valence-electron chi connectivity index (χ3n) is 1.94. The van der Waals surface area contributed by atoms with E-state index in [9.17, 15) is 10.1 Å². The van der Waals surface area contributed by atoms with Crippen LogP contribution < -0.4 is 0 Å². The van der Waals surface area contributed by atoms with Gasteiger partial charge in [-0.05, 0) is 5.56 Å². The minimum Gasteiger partial charge on any atom is -0.394 e. The van der Waals surface area contributed by atoms with Crippen molar-refractivity contribution in [3.63, 3.8) is 0 Å². The van der Waals surface area contributed by atoms with E-state index in [1.807, 2.05) is 0 Å². The molecule has 88 valence electrons. The SMILES string of the molecule is O=[N+]([O-])c1ccc(CSCC(O)CO)cc1. The number of aliphatic hydroxyl groups is 2. The van der Waals surface area contributed by atoms with Gasteiger partial charge in [-0.1, -0.05) is 12.1 Å². The smallest absolute Gasteiger partial charge is 0.269 e. The topological polar surface area (TPSA) is 83.6 Å². The summed E-state index contributed by atoms with van der Waals surface area (Å²) in [6, 6.07) is 6.30. The van der Waals surface area contributed by atoms with Crippen molar-refractivity contribution in [2.45, 2.75) is 11.9 Å². The van der Waals surface area contributed by atoms with Gasteiger partial charge in [0.05, 0.1) is 17.6 Å². The Hall–Kier alpha value is -1.11. The number of nitrogens with zero attached hydrogens (tertiary/aromatic N) is 1. The summed E-state index contributed by atoms with van der Waals surface area (Å²) in [4.78, 5) is 9.96. The standard InChI is InChI=1S/C10H13NO4S/c12-5-10(13)7-16-6-8-1-3-9(4-2-8)11(14)15/h1-4,10,12-13H,5-7H2. The molecular formula is C10H13NO4S. The molecule has 0 aliphatic carbocycles. The normalized spacial score (nSPS) is 12.4. The van der Waals surface area contributed by atoms with Crippen molar-refractivity contribution in [2.24, 2.45) is 0 Å². The van der Waals surface area contributed by atoms with E-state index in [0.29, 0.717) is 11.5 Å². The predicted octanol–water partition coefficient (Wildman–Crippen LogP) is 1.18. The molecule has 1 unspecified atom stereocenters. The van der Waals surface area contributed by atoms with Gasteiger partial charge >= 0.3 is 0 Å². The summed E-state index contributed by atoms with van der Waals surface area (Å²) in [7, 11) is 0. The molecule has 1 rings (SSSR count). The molecule has 0 aliphatic rings. The van der Waals surface area contributed by atoms with Crippen molar-refractivity contribution in [1.82, 2.24) is 0 Å². The molecule has 0 fully saturated rings. The Balaban J connectivity index is 2.40. The van der Waals surface area contributed by atoms with Gasteiger partial charge in [0.1, 0.15) is 0 Å². The molecule has 0 amide bonds. The lowest BCUT2D eigenvalue weighted by Crippen LogP contribution is -2.14. The van der Waals surface area contributed by atoms with Crippen LogP contribution in [0.15, 0.2) is 24.3 Å². The summed E-state index contributed by atoms with van der Waals surface area (Å²) in [5.41, 5.74) is 1.03. The molecule has 2 N–H and O–H groups in total. The van der Waals surface area contributed by atoms with E-state index in [-0.39, 0.29) is 12.3 Å². The maximum absolute atomic E-state index is 10.4. The van der Waals surface area contributed by atoms with Gasteiger partial charge in [-0.3, -0.25) is 10.1 Å². The van der Waals surface area contributed by atoms with Gasteiger partial charge in [-0.2, -0.15) is 11.8 Å². The third kappa shape index (κ3) is 4.18. The number of nitro benzene ring substituents is 1. The molecule has 1 aromatic rings. The molecular weight excluding hydrogens is 230 g/mol. The van der Waals surface area contributed by atoms with Gasteiger partial charge in [0.25, 0.3) is 5.69 Å². The monoisotopic (exact) mass is 243 g/mol. The first-order valence-corrected chi connectivity index (χ1v) is 5.89. The van der Waals surface area contributed by atoms with E-state index >= 15 is 0 Å². The fraction of sp³-hybridized carbons (Fsp3) is 0.400. The zero-order chi connectivity index (χ0) is 12.0. The highest BCUT2D eigenvalue weighted by molar-refractivity contribution is 7.98. The zero-order valence-electron chi connectivity index (χ0n) is 8.57. The Morgan fingerprint density at radius 3 is 2.50 bits per heavy atom. The van der Waals surface area contributed by atoms with E-state index in [2.05, 4.69) is 0 Å². The van der Waals surface area contributed by atoms with Gasteiger partial charge in [-0.15, -0.1) is 0 Å². The van der Waals surface area contributed by atoms with Crippen LogP contribution >= 0.6 is 11.8 Å². The van der Waals surface area contributed by atoms with Crippen LogP contribution in [0.2, 0.25) is 0 Å². The van der Waals surface area contributed by atoms with Gasteiger partial charge < -0.3 is 10.2 Å². The molecule has 0 heterocycles. The summed E-state index contributed by atoms with van der Waals surface area (Å²) < 4.78 is 0. The van der Waals surface area contributed by atoms with Gasteiger partial charge in [0.15, 0.2) is 0 Å². The Morgan fingerprint density at radius 2 is 2.00 bits per heavy atom. The van der Waals surface area contributed by atoms with Gasteiger partial charge in [-0.25, -0.2) is 0 Å². The second-order valence-electron chi connectivity index (χ2n) is 3.28. The number of rotatable bonds is 6. The van der Waals surface area contributed by atoms with Crippen molar-refractivity contribution in [3.8, 4) is 0 Å². The number of thioether (sulfide) groups is 1. The van der Waals surface area contributed by atoms with Crippen molar-refractivity contribution in [1.29, 1.82) is 0 Å². The van der Waals surface area contributed by atoms with E-state index in [4.69, 9.17) is 10.2 Å². The number of benzene rings is 1. The molecule has 1 atom stereocenters. The molecule has 0 aromatic heterocycles. The molecule has 5 nitrogen and oxygen atoms in total. The fourth-order valence-electron chi connectivity index (χ4n) is 1.08. The van der Waals surface area contributed by atoms with Crippen LogP contribution in [-0.4, -0.2) is 33.6 Å². The average molecular weight is 243 g/mol. The molecule has 0 aliphatic heterocycles. The third-order valence-corrected chi connectivity index (χ3v) is 3.09. The second kappa shape index (κ2) is 6.47. The van der Waals surface area contributed by atoms with Crippen molar-refractivity contribution < 1.29 is 15.1 Å². The van der Waals surface area contributed by atoms with E-state index in [0.717, 1.165) is 5.56 Å². The van der Waals surface area contributed by atoms with Crippen LogP contribution in [0, 0.1) is 10.1 Å². The molecule has 16 heavy (non-hydrogen) atoms. The number of non-ortho nitro benzene ring substituents is 1. The van der Waals surface area contributed by atoms with E-state index in [1.165, 1.54) is 23.9 Å². The molecule has 0 spiro atoms. The predicted molar refractivity (Wildman–Crippen MR) is 62.4 cm³/mol. The molecule has 0 saturated carbocycles. The first kappa shape index (κ1) is 13.0. The van der Waals surface area contributed by atoms with Crippen LogP contribution in [0.3, 0.4) is 0 Å². The van der Waals surface area contributed by atoms with Crippen LogP contribution in [-0.2, 0) is 5.75 Å². The highest BCUT2D eigenvalue weighted by Crippen LogP contribution is 2.17. The first-order valence-electron chi connectivity index (χ1n) is 4.73. The second-order valence-corrected chi connectivity index (χ2v) is 4.31. The van der Waals surface area contributed by atoms with Gasteiger partial charge in [0, 0.05) is 23.6 Å². The van der Waals surface area contributed by atoms with Crippen LogP contribution in [0.4, 0.5) is 5.69 Å². The van der Waals surface area contributed by atoms with Crippen LogP contribution in [0.1, 0.15) is 5.56 Å². The maximum Gasteiger partial charge on any atom is 0.269 e. The lowest BCUT2D eigenvalue weighted by Gasteiger charge is -2.06.